The van der Waals surface area contributed by atoms with Gasteiger partial charge in [-0.05, 0) is 83.3 Å². The molecule has 0 saturated heterocycles. The second-order valence-electron chi connectivity index (χ2n) is 8.09. The van der Waals surface area contributed by atoms with E-state index in [0.717, 1.165) is 42.0 Å². The summed E-state index contributed by atoms with van der Waals surface area (Å²) in [6.45, 7) is 13.2. The quantitative estimate of drug-likeness (QED) is 0.492. The Kier molecular flexibility index (Phi) is 9.96. The number of Topliss-reactive ketones (excluding diaryl/α,β-unsaturated/α-hetero) is 1. The Balaban J connectivity index is 0.000000278. The molecule has 3 nitrogen and oxygen atoms in total. The van der Waals surface area contributed by atoms with E-state index in [2.05, 4.69) is 42.5 Å². The number of halogens is 1. The van der Waals surface area contributed by atoms with Crippen LogP contribution in [0.1, 0.15) is 73.1 Å². The highest BCUT2D eigenvalue weighted by Crippen LogP contribution is 2.22. The molecule has 1 aliphatic rings. The molecule has 1 heterocycles. The van der Waals surface area contributed by atoms with E-state index in [1.54, 1.807) is 0 Å². The van der Waals surface area contributed by atoms with E-state index in [1.165, 1.54) is 50.2 Å². The molecule has 29 heavy (non-hydrogen) atoms. The van der Waals surface area contributed by atoms with Crippen molar-refractivity contribution in [1.82, 2.24) is 9.47 Å². The molecule has 160 valence electrons. The Bertz CT molecular complexity index is 775. The van der Waals surface area contributed by atoms with E-state index < -0.39 is 0 Å². The number of aryl methyl sites for hydroxylation is 3. The number of nitrogens with zero attached hydrogens (tertiary/aromatic N) is 2. The van der Waals surface area contributed by atoms with Crippen molar-refractivity contribution in [2.75, 3.05) is 19.6 Å². The average Bonchev–Trinajstić information content (AvgIpc) is 3.10. The number of fused-ring (bicyclic) bond motifs is 1. The molecule has 0 atom stereocenters. The molecule has 0 aliphatic heterocycles. The topological polar surface area (TPSA) is 25.2 Å². The minimum Gasteiger partial charge on any atom is -0.351 e. The first-order chi connectivity index (χ1) is 14.0. The van der Waals surface area contributed by atoms with Crippen LogP contribution in [0.5, 0.6) is 0 Å². The van der Waals surface area contributed by atoms with Crippen LogP contribution in [0.3, 0.4) is 0 Å². The molecule has 0 amide bonds. The number of hydrogen-bond acceptors (Lipinski definition) is 2. The van der Waals surface area contributed by atoms with Crippen LogP contribution in [0.4, 0.5) is 0 Å². The number of aromatic nitrogens is 1. The summed E-state index contributed by atoms with van der Waals surface area (Å²) in [6.07, 6.45) is 8.57. The Morgan fingerprint density at radius 2 is 1.76 bits per heavy atom. The molecule has 0 N–H and O–H groups in total. The van der Waals surface area contributed by atoms with E-state index in [4.69, 9.17) is 11.6 Å². The monoisotopic (exact) mass is 416 g/mol. The Morgan fingerprint density at radius 3 is 2.38 bits per heavy atom. The first-order valence-electron chi connectivity index (χ1n) is 11.1. The fraction of sp³-hybridized carbons (Fsp3) is 0.560. The van der Waals surface area contributed by atoms with Crippen LogP contribution in [-0.2, 0) is 13.0 Å². The highest BCUT2D eigenvalue weighted by Gasteiger charge is 2.20. The third-order valence-corrected chi connectivity index (χ3v) is 5.89. The van der Waals surface area contributed by atoms with Crippen LogP contribution in [0.15, 0.2) is 30.5 Å². The minimum atomic E-state index is 0.337. The van der Waals surface area contributed by atoms with Crippen molar-refractivity contribution in [2.24, 2.45) is 0 Å². The van der Waals surface area contributed by atoms with Crippen LogP contribution in [0.2, 0.25) is 5.02 Å². The van der Waals surface area contributed by atoms with Crippen LogP contribution >= 0.6 is 11.6 Å². The number of benzene rings is 1. The Labute approximate surface area is 182 Å². The minimum absolute atomic E-state index is 0.337. The van der Waals surface area contributed by atoms with Gasteiger partial charge in [0.2, 0.25) is 0 Å². The maximum atomic E-state index is 11.8. The van der Waals surface area contributed by atoms with Crippen LogP contribution in [-0.4, -0.2) is 34.9 Å². The molecule has 3 rings (SSSR count). The molecule has 0 radical (unpaired) electrons. The van der Waals surface area contributed by atoms with Gasteiger partial charge in [-0.2, -0.15) is 0 Å². The van der Waals surface area contributed by atoms with Gasteiger partial charge in [-0.1, -0.05) is 43.1 Å². The third kappa shape index (κ3) is 7.31. The molecule has 0 spiro atoms. The number of carbonyl (C=O) groups excluding carboxylic acids is 1. The van der Waals surface area contributed by atoms with Gasteiger partial charge >= 0.3 is 0 Å². The second-order valence-corrected chi connectivity index (χ2v) is 8.50. The zero-order chi connectivity index (χ0) is 21.2. The average molecular weight is 417 g/mol. The zero-order valence-corrected chi connectivity index (χ0v) is 19.4. The summed E-state index contributed by atoms with van der Waals surface area (Å²) in [4.78, 5) is 14.4. The number of rotatable bonds is 8. The van der Waals surface area contributed by atoms with Gasteiger partial charge in [0, 0.05) is 35.4 Å². The third-order valence-electron chi connectivity index (χ3n) is 5.46. The summed E-state index contributed by atoms with van der Waals surface area (Å²) < 4.78 is 2.31. The van der Waals surface area contributed by atoms with Gasteiger partial charge in [0.1, 0.15) is 0 Å². The Hall–Kier alpha value is -1.58. The lowest BCUT2D eigenvalue weighted by Crippen LogP contribution is -2.27. The molecule has 1 aromatic carbocycles. The first kappa shape index (κ1) is 23.7. The fourth-order valence-corrected chi connectivity index (χ4v) is 4.14. The van der Waals surface area contributed by atoms with Crippen LogP contribution in [0, 0.1) is 13.8 Å². The molecule has 1 aromatic heterocycles. The van der Waals surface area contributed by atoms with E-state index in [1.807, 2.05) is 25.1 Å². The molecule has 4 heteroatoms. The summed E-state index contributed by atoms with van der Waals surface area (Å²) in [6, 6.07) is 8.02. The highest BCUT2D eigenvalue weighted by atomic mass is 35.5. The summed E-state index contributed by atoms with van der Waals surface area (Å²) in [5, 5.41) is 0.848. The maximum absolute atomic E-state index is 11.8. The van der Waals surface area contributed by atoms with Gasteiger partial charge in [0.25, 0.3) is 0 Å². The van der Waals surface area contributed by atoms with Crippen molar-refractivity contribution in [3.8, 4) is 0 Å². The van der Waals surface area contributed by atoms with Crippen molar-refractivity contribution >= 4 is 17.4 Å². The molecular formula is C25H37ClN2O. The van der Waals surface area contributed by atoms with Crippen LogP contribution in [0.25, 0.3) is 0 Å². The molecule has 0 bridgehead atoms. The molecule has 0 unspecified atom stereocenters. The summed E-state index contributed by atoms with van der Waals surface area (Å²) >= 11 is 5.78. The fourth-order valence-electron chi connectivity index (χ4n) is 4.03. The first-order valence-corrected chi connectivity index (χ1v) is 11.5. The van der Waals surface area contributed by atoms with Gasteiger partial charge in [-0.3, -0.25) is 4.79 Å². The zero-order valence-electron chi connectivity index (χ0n) is 18.6. The van der Waals surface area contributed by atoms with Crippen molar-refractivity contribution in [3.05, 3.63) is 57.9 Å². The van der Waals surface area contributed by atoms with E-state index in [-0.39, 0.29) is 0 Å². The van der Waals surface area contributed by atoms with E-state index >= 15 is 0 Å². The SMILES string of the molecule is CCCN(CCC)CCCn1ccc2c1CCCC2=O.Cc1ccc(Cl)c(C)c1. The van der Waals surface area contributed by atoms with Gasteiger partial charge < -0.3 is 9.47 Å². The summed E-state index contributed by atoms with van der Waals surface area (Å²) in [7, 11) is 0. The number of ketones is 1. The van der Waals surface area contributed by atoms with Gasteiger partial charge in [0.05, 0.1) is 0 Å². The lowest BCUT2D eigenvalue weighted by atomic mass is 9.97. The summed E-state index contributed by atoms with van der Waals surface area (Å²) in [5.41, 5.74) is 4.67. The molecule has 0 fully saturated rings. The summed E-state index contributed by atoms with van der Waals surface area (Å²) in [5.74, 6) is 0.337. The van der Waals surface area contributed by atoms with Crippen molar-refractivity contribution in [2.45, 2.75) is 72.8 Å². The molecule has 1 aliphatic carbocycles. The lowest BCUT2D eigenvalue weighted by Gasteiger charge is -2.21. The van der Waals surface area contributed by atoms with Gasteiger partial charge in [-0.25, -0.2) is 0 Å². The van der Waals surface area contributed by atoms with Gasteiger partial charge in [0.15, 0.2) is 5.78 Å². The van der Waals surface area contributed by atoms with Crippen molar-refractivity contribution in [3.63, 3.8) is 0 Å². The largest absolute Gasteiger partial charge is 0.351 e. The second kappa shape index (κ2) is 12.2. The normalized spacial score (nSPS) is 13.2. The standard InChI is InChI=1S/C17H28N2O.C8H9Cl/c1-3-10-18(11-4-2)12-6-13-19-14-9-15-16(19)7-5-8-17(15)20;1-6-3-4-8(9)7(2)5-6/h9,14H,3-8,10-13H2,1-2H3;3-5H,1-2H3. The molecular weight excluding hydrogens is 380 g/mol. The van der Waals surface area contributed by atoms with Crippen LogP contribution < -0.4 is 0 Å². The predicted molar refractivity (Wildman–Crippen MR) is 124 cm³/mol. The highest BCUT2D eigenvalue weighted by molar-refractivity contribution is 6.31. The maximum Gasteiger partial charge on any atom is 0.164 e. The Morgan fingerprint density at radius 1 is 1.03 bits per heavy atom. The van der Waals surface area contributed by atoms with E-state index in [9.17, 15) is 4.79 Å². The van der Waals surface area contributed by atoms with Crippen molar-refractivity contribution in [1.29, 1.82) is 0 Å². The van der Waals surface area contributed by atoms with Crippen molar-refractivity contribution < 1.29 is 4.79 Å². The van der Waals surface area contributed by atoms with E-state index in [0.29, 0.717) is 5.78 Å². The number of hydrogen-bond donors (Lipinski definition) is 0. The smallest absolute Gasteiger partial charge is 0.164 e. The van der Waals surface area contributed by atoms with Gasteiger partial charge in [-0.15, -0.1) is 0 Å². The lowest BCUT2D eigenvalue weighted by molar-refractivity contribution is 0.0971. The number of carbonyl (C=O) groups is 1. The molecule has 0 saturated carbocycles. The predicted octanol–water partition coefficient (Wildman–Crippen LogP) is 6.48. The molecule has 2 aromatic rings.